The van der Waals surface area contributed by atoms with Crippen LogP contribution in [0.15, 0.2) is 12.4 Å². The Bertz CT molecular complexity index is 287. The van der Waals surface area contributed by atoms with E-state index >= 15 is 0 Å². The summed E-state index contributed by atoms with van der Waals surface area (Å²) in [6.07, 6.45) is 10.5. The quantitative estimate of drug-likeness (QED) is 0.800. The Kier molecular flexibility index (Phi) is 3.78. The number of aryl methyl sites for hydroxylation is 1. The van der Waals surface area contributed by atoms with Crippen LogP contribution in [0.2, 0.25) is 0 Å². The lowest BCUT2D eigenvalue weighted by Gasteiger charge is -2.12. The van der Waals surface area contributed by atoms with Gasteiger partial charge in [-0.2, -0.15) is 0 Å². The zero-order valence-corrected chi connectivity index (χ0v) is 9.58. The van der Waals surface area contributed by atoms with Crippen LogP contribution in [-0.4, -0.2) is 22.1 Å². The highest BCUT2D eigenvalue weighted by molar-refractivity contribution is 4.91. The van der Waals surface area contributed by atoms with Gasteiger partial charge in [-0.05, 0) is 12.8 Å². The monoisotopic (exact) mass is 207 g/mol. The molecule has 2 rings (SSSR count). The van der Waals surface area contributed by atoms with Crippen molar-refractivity contribution in [2.24, 2.45) is 0 Å². The van der Waals surface area contributed by atoms with Gasteiger partial charge in [0.15, 0.2) is 0 Å². The molecule has 0 amide bonds. The number of hydrogen-bond donors (Lipinski definition) is 1. The summed E-state index contributed by atoms with van der Waals surface area (Å²) < 4.78 is 2.25. The van der Waals surface area contributed by atoms with Gasteiger partial charge in [-0.25, -0.2) is 4.98 Å². The maximum atomic E-state index is 4.32. The van der Waals surface area contributed by atoms with E-state index in [1.165, 1.54) is 31.5 Å². The number of rotatable bonds is 5. The molecule has 0 unspecified atom stereocenters. The van der Waals surface area contributed by atoms with E-state index in [4.69, 9.17) is 0 Å². The highest BCUT2D eigenvalue weighted by Crippen LogP contribution is 2.17. The molecule has 1 aromatic heterocycles. The fraction of sp³-hybridized carbons (Fsp3) is 0.750. The van der Waals surface area contributed by atoms with Gasteiger partial charge in [0, 0.05) is 37.9 Å². The summed E-state index contributed by atoms with van der Waals surface area (Å²) in [6, 6.07) is 0.776. The molecule has 15 heavy (non-hydrogen) atoms. The topological polar surface area (TPSA) is 29.9 Å². The lowest BCUT2D eigenvalue weighted by Crippen LogP contribution is -2.29. The van der Waals surface area contributed by atoms with E-state index < -0.39 is 0 Å². The predicted octanol–water partition coefficient (Wildman–Crippen LogP) is 1.98. The lowest BCUT2D eigenvalue weighted by molar-refractivity contribution is 0.491. The SMILES string of the molecule is CCc1nccn1CCNC1CCCC1. The number of nitrogens with zero attached hydrogens (tertiary/aromatic N) is 2. The number of imidazole rings is 1. The third-order valence-corrected chi connectivity index (χ3v) is 3.26. The van der Waals surface area contributed by atoms with E-state index in [1.807, 2.05) is 6.20 Å². The van der Waals surface area contributed by atoms with Crippen molar-refractivity contribution in [3.63, 3.8) is 0 Å². The summed E-state index contributed by atoms with van der Waals surface area (Å²) in [7, 11) is 0. The van der Waals surface area contributed by atoms with Crippen molar-refractivity contribution in [2.75, 3.05) is 6.54 Å². The Morgan fingerprint density at radius 1 is 1.47 bits per heavy atom. The molecule has 0 atom stereocenters. The summed E-state index contributed by atoms with van der Waals surface area (Å²) in [5, 5.41) is 3.62. The molecular formula is C12H21N3. The first-order chi connectivity index (χ1) is 7.40. The highest BCUT2D eigenvalue weighted by Gasteiger charge is 2.13. The first-order valence-electron chi connectivity index (χ1n) is 6.13. The molecule has 84 valence electrons. The lowest BCUT2D eigenvalue weighted by atomic mass is 10.2. The molecule has 1 aliphatic rings. The van der Waals surface area contributed by atoms with Gasteiger partial charge in [0.05, 0.1) is 0 Å². The van der Waals surface area contributed by atoms with E-state index in [9.17, 15) is 0 Å². The molecular weight excluding hydrogens is 186 g/mol. The first-order valence-corrected chi connectivity index (χ1v) is 6.13. The number of hydrogen-bond acceptors (Lipinski definition) is 2. The van der Waals surface area contributed by atoms with Crippen LogP contribution >= 0.6 is 0 Å². The molecule has 3 nitrogen and oxygen atoms in total. The van der Waals surface area contributed by atoms with E-state index in [1.54, 1.807) is 0 Å². The molecule has 1 saturated carbocycles. The van der Waals surface area contributed by atoms with Crippen LogP contribution in [-0.2, 0) is 13.0 Å². The van der Waals surface area contributed by atoms with Crippen molar-refractivity contribution >= 4 is 0 Å². The van der Waals surface area contributed by atoms with Crippen molar-refractivity contribution in [2.45, 2.75) is 51.6 Å². The van der Waals surface area contributed by atoms with Crippen LogP contribution in [0.25, 0.3) is 0 Å². The summed E-state index contributed by atoms with van der Waals surface area (Å²) in [5.74, 6) is 1.20. The minimum atomic E-state index is 0.776. The molecule has 1 aliphatic carbocycles. The van der Waals surface area contributed by atoms with Gasteiger partial charge in [-0.15, -0.1) is 0 Å². The fourth-order valence-corrected chi connectivity index (χ4v) is 2.38. The van der Waals surface area contributed by atoms with Gasteiger partial charge in [-0.3, -0.25) is 0 Å². The normalized spacial score (nSPS) is 17.4. The minimum absolute atomic E-state index is 0.776. The Balaban J connectivity index is 1.73. The largest absolute Gasteiger partial charge is 0.334 e. The van der Waals surface area contributed by atoms with Crippen LogP contribution in [0.3, 0.4) is 0 Å². The molecule has 0 aliphatic heterocycles. The molecule has 0 spiro atoms. The van der Waals surface area contributed by atoms with Crippen molar-refractivity contribution in [1.29, 1.82) is 0 Å². The maximum absolute atomic E-state index is 4.32. The zero-order chi connectivity index (χ0) is 10.5. The van der Waals surface area contributed by atoms with Gasteiger partial charge in [0.25, 0.3) is 0 Å². The van der Waals surface area contributed by atoms with E-state index in [2.05, 4.69) is 28.0 Å². The van der Waals surface area contributed by atoms with Gasteiger partial charge >= 0.3 is 0 Å². The third kappa shape index (κ3) is 2.81. The van der Waals surface area contributed by atoms with E-state index in [0.29, 0.717) is 0 Å². The Morgan fingerprint density at radius 2 is 2.27 bits per heavy atom. The smallest absolute Gasteiger partial charge is 0.108 e. The van der Waals surface area contributed by atoms with Crippen molar-refractivity contribution in [1.82, 2.24) is 14.9 Å². The van der Waals surface area contributed by atoms with E-state index in [0.717, 1.165) is 25.6 Å². The summed E-state index contributed by atoms with van der Waals surface area (Å²) >= 11 is 0. The standard InChI is InChI=1S/C12H21N3/c1-2-12-14-8-10-15(12)9-7-13-11-5-3-4-6-11/h8,10-11,13H,2-7,9H2,1H3. The molecule has 0 saturated heterocycles. The van der Waals surface area contributed by atoms with Crippen LogP contribution < -0.4 is 5.32 Å². The van der Waals surface area contributed by atoms with Crippen LogP contribution in [0.4, 0.5) is 0 Å². The average molecular weight is 207 g/mol. The molecule has 0 bridgehead atoms. The second-order valence-corrected chi connectivity index (χ2v) is 4.33. The van der Waals surface area contributed by atoms with Crippen LogP contribution in [0.5, 0.6) is 0 Å². The second kappa shape index (κ2) is 5.31. The van der Waals surface area contributed by atoms with Gasteiger partial charge < -0.3 is 9.88 Å². The first kappa shape index (κ1) is 10.7. The Morgan fingerprint density at radius 3 is 3.00 bits per heavy atom. The molecule has 1 fully saturated rings. The summed E-state index contributed by atoms with van der Waals surface area (Å²) in [4.78, 5) is 4.32. The van der Waals surface area contributed by atoms with Gasteiger partial charge in [0.1, 0.15) is 5.82 Å². The zero-order valence-electron chi connectivity index (χ0n) is 9.58. The van der Waals surface area contributed by atoms with Crippen LogP contribution in [0, 0.1) is 0 Å². The predicted molar refractivity (Wildman–Crippen MR) is 61.9 cm³/mol. The molecule has 1 aromatic rings. The summed E-state index contributed by atoms with van der Waals surface area (Å²) in [5.41, 5.74) is 0. The second-order valence-electron chi connectivity index (χ2n) is 4.33. The molecule has 0 aromatic carbocycles. The average Bonchev–Trinajstić information content (AvgIpc) is 2.88. The number of nitrogens with one attached hydrogen (secondary N) is 1. The Labute approximate surface area is 91.9 Å². The van der Waals surface area contributed by atoms with Crippen LogP contribution in [0.1, 0.15) is 38.4 Å². The molecule has 1 heterocycles. The Hall–Kier alpha value is -0.830. The third-order valence-electron chi connectivity index (χ3n) is 3.26. The maximum Gasteiger partial charge on any atom is 0.108 e. The van der Waals surface area contributed by atoms with E-state index in [-0.39, 0.29) is 0 Å². The van der Waals surface area contributed by atoms with Crippen molar-refractivity contribution in [3.8, 4) is 0 Å². The molecule has 3 heteroatoms. The van der Waals surface area contributed by atoms with Crippen molar-refractivity contribution < 1.29 is 0 Å². The van der Waals surface area contributed by atoms with Gasteiger partial charge in [0.2, 0.25) is 0 Å². The number of aromatic nitrogens is 2. The van der Waals surface area contributed by atoms with Gasteiger partial charge in [-0.1, -0.05) is 19.8 Å². The summed E-state index contributed by atoms with van der Waals surface area (Å²) in [6.45, 7) is 4.29. The molecule has 1 N–H and O–H groups in total. The highest BCUT2D eigenvalue weighted by atomic mass is 15.1. The van der Waals surface area contributed by atoms with Crippen molar-refractivity contribution in [3.05, 3.63) is 18.2 Å². The fourth-order valence-electron chi connectivity index (χ4n) is 2.38. The molecule has 0 radical (unpaired) electrons. The minimum Gasteiger partial charge on any atom is -0.334 e.